The zero-order chi connectivity index (χ0) is 45.1. The first-order chi connectivity index (χ1) is 31.9. The molecule has 9 aromatic rings. The number of nitrogens with zero attached hydrogens (tertiary/aromatic N) is 5. The summed E-state index contributed by atoms with van der Waals surface area (Å²) in [6, 6.07) is 64.1. The van der Waals surface area contributed by atoms with Gasteiger partial charge in [0, 0.05) is 35.5 Å². The van der Waals surface area contributed by atoms with E-state index in [2.05, 4.69) is 188 Å². The van der Waals surface area contributed by atoms with Crippen LogP contribution < -0.4 is 0 Å². The summed E-state index contributed by atoms with van der Waals surface area (Å²) >= 11 is 0. The van der Waals surface area contributed by atoms with E-state index in [0.717, 1.165) is 90.2 Å². The van der Waals surface area contributed by atoms with Crippen LogP contribution in [-0.4, -0.2) is 32.7 Å². The number of hydrogen-bond acceptors (Lipinski definition) is 5. The standard InChI is InChI=1S/C58H47N5.C2H6/c1-5-6-14-54(59-4)45-28-24-43(25-29-45)50-33-48(41-20-16-39(2)17-21-41)35-52(37-50)57-61-56(47-12-8-7-9-13-47)62-58(63-57)53-36-49(42-22-18-40(3)19-23-42)34-51(38-53)44-26-30-46(31-27-44)55-15-10-11-32-60-55;1-2/h6-38H,5H2,1-4H3;1-2H3/b14-6-,59-54?;. The van der Waals surface area contributed by atoms with Crippen LogP contribution in [0.25, 0.3) is 89.9 Å². The summed E-state index contributed by atoms with van der Waals surface area (Å²) in [4.78, 5) is 24.9. The highest BCUT2D eigenvalue weighted by atomic mass is 15.0. The molecule has 5 heteroatoms. The Morgan fingerprint density at radius 2 is 0.831 bits per heavy atom. The van der Waals surface area contributed by atoms with Crippen molar-refractivity contribution in [3.63, 3.8) is 0 Å². The summed E-state index contributed by atoms with van der Waals surface area (Å²) in [6.45, 7) is 10.4. The van der Waals surface area contributed by atoms with Gasteiger partial charge >= 0.3 is 0 Å². The number of aliphatic imine (C=N–C) groups is 1. The first-order valence-corrected chi connectivity index (χ1v) is 22.4. The van der Waals surface area contributed by atoms with Crippen molar-refractivity contribution in [2.75, 3.05) is 7.05 Å². The smallest absolute Gasteiger partial charge is 0.164 e. The largest absolute Gasteiger partial charge is 0.288 e. The third kappa shape index (κ3) is 10.3. The summed E-state index contributed by atoms with van der Waals surface area (Å²) < 4.78 is 0. The van der Waals surface area contributed by atoms with E-state index in [0.29, 0.717) is 17.5 Å². The molecule has 0 saturated carbocycles. The second-order valence-corrected chi connectivity index (χ2v) is 15.8. The fourth-order valence-electron chi connectivity index (χ4n) is 7.75. The molecule has 0 amide bonds. The number of rotatable bonds is 11. The molecule has 0 bridgehead atoms. The molecule has 0 unspecified atom stereocenters. The summed E-state index contributed by atoms with van der Waals surface area (Å²) in [5.41, 5.74) is 17.9. The van der Waals surface area contributed by atoms with E-state index in [1.807, 2.05) is 63.5 Å². The highest BCUT2D eigenvalue weighted by Gasteiger charge is 2.17. The molecule has 2 aromatic heterocycles. The van der Waals surface area contributed by atoms with Crippen molar-refractivity contribution in [2.24, 2.45) is 4.99 Å². The van der Waals surface area contributed by atoms with Crippen LogP contribution in [0.3, 0.4) is 0 Å². The van der Waals surface area contributed by atoms with Gasteiger partial charge in [-0.3, -0.25) is 9.98 Å². The van der Waals surface area contributed by atoms with E-state index < -0.39 is 0 Å². The summed E-state index contributed by atoms with van der Waals surface area (Å²) in [7, 11) is 1.84. The zero-order valence-corrected chi connectivity index (χ0v) is 38.0. The molecule has 9 rings (SSSR count). The number of benzene rings is 7. The Kier molecular flexibility index (Phi) is 13.8. The van der Waals surface area contributed by atoms with Crippen LogP contribution in [0.15, 0.2) is 205 Å². The molecule has 5 nitrogen and oxygen atoms in total. The van der Waals surface area contributed by atoms with Crippen molar-refractivity contribution >= 4 is 5.71 Å². The quantitative estimate of drug-likeness (QED) is 0.122. The van der Waals surface area contributed by atoms with Gasteiger partial charge in [-0.2, -0.15) is 0 Å². The van der Waals surface area contributed by atoms with Gasteiger partial charge in [0.05, 0.1) is 11.4 Å². The monoisotopic (exact) mass is 843 g/mol. The van der Waals surface area contributed by atoms with Gasteiger partial charge in [0.25, 0.3) is 0 Å². The van der Waals surface area contributed by atoms with Crippen molar-refractivity contribution in [3.8, 4) is 89.9 Å². The maximum atomic E-state index is 5.34. The Labute approximate surface area is 384 Å². The highest BCUT2D eigenvalue weighted by Crippen LogP contribution is 2.36. The average Bonchev–Trinajstić information content (AvgIpc) is 3.38. The van der Waals surface area contributed by atoms with Gasteiger partial charge in [0.1, 0.15) is 0 Å². The van der Waals surface area contributed by atoms with Crippen molar-refractivity contribution in [1.29, 1.82) is 0 Å². The van der Waals surface area contributed by atoms with Gasteiger partial charge in [-0.1, -0.05) is 171 Å². The average molecular weight is 844 g/mol. The van der Waals surface area contributed by atoms with Crippen molar-refractivity contribution in [2.45, 2.75) is 41.0 Å². The second kappa shape index (κ2) is 20.5. The Balaban J connectivity index is 0.00000284. The second-order valence-electron chi connectivity index (χ2n) is 15.8. The molecular formula is C60H53N5. The molecule has 7 aromatic carbocycles. The summed E-state index contributed by atoms with van der Waals surface area (Å²) in [6.07, 6.45) is 7.01. The Morgan fingerprint density at radius 1 is 0.431 bits per heavy atom. The lowest BCUT2D eigenvalue weighted by atomic mass is 9.94. The molecule has 0 radical (unpaired) electrons. The molecule has 65 heavy (non-hydrogen) atoms. The van der Waals surface area contributed by atoms with Gasteiger partial charge in [-0.15, -0.1) is 0 Å². The number of hydrogen-bond donors (Lipinski definition) is 0. The first kappa shape index (κ1) is 43.7. The number of allylic oxidation sites excluding steroid dienone is 2. The molecule has 318 valence electrons. The van der Waals surface area contributed by atoms with Crippen LogP contribution >= 0.6 is 0 Å². The lowest BCUT2D eigenvalue weighted by Crippen LogP contribution is -2.01. The molecule has 0 fully saturated rings. The maximum Gasteiger partial charge on any atom is 0.164 e. The zero-order valence-electron chi connectivity index (χ0n) is 38.0. The predicted molar refractivity (Wildman–Crippen MR) is 274 cm³/mol. The van der Waals surface area contributed by atoms with E-state index >= 15 is 0 Å². The maximum absolute atomic E-state index is 5.34. The lowest BCUT2D eigenvalue weighted by molar-refractivity contribution is 1.07. The third-order valence-electron chi connectivity index (χ3n) is 11.3. The normalized spacial score (nSPS) is 11.3. The van der Waals surface area contributed by atoms with Crippen LogP contribution in [0.2, 0.25) is 0 Å². The van der Waals surface area contributed by atoms with Crippen LogP contribution in [0.1, 0.15) is 43.9 Å². The predicted octanol–water partition coefficient (Wildman–Crippen LogP) is 15.6. The molecule has 0 N–H and O–H groups in total. The number of pyridine rings is 1. The van der Waals surface area contributed by atoms with E-state index in [4.69, 9.17) is 15.0 Å². The fourth-order valence-corrected chi connectivity index (χ4v) is 7.75. The van der Waals surface area contributed by atoms with E-state index in [9.17, 15) is 0 Å². The van der Waals surface area contributed by atoms with E-state index in [1.54, 1.807) is 0 Å². The Hall–Kier alpha value is -7.89. The van der Waals surface area contributed by atoms with Crippen LogP contribution in [0.4, 0.5) is 0 Å². The van der Waals surface area contributed by atoms with Crippen LogP contribution in [0.5, 0.6) is 0 Å². The minimum absolute atomic E-state index is 0.595. The fraction of sp³-hybridized carbons (Fsp3) is 0.117. The van der Waals surface area contributed by atoms with Gasteiger partial charge < -0.3 is 0 Å². The summed E-state index contributed by atoms with van der Waals surface area (Å²) in [5, 5.41) is 0. The Bertz CT molecular complexity index is 3060. The lowest BCUT2D eigenvalue weighted by Gasteiger charge is -2.14. The summed E-state index contributed by atoms with van der Waals surface area (Å²) in [5.74, 6) is 1.80. The SMILES string of the molecule is CC.CC/C=C\C(=NC)c1ccc(-c2cc(-c3ccc(C)cc3)cc(-c3nc(-c4ccccc4)nc(-c4cc(-c5ccc(C)cc5)cc(-c5ccc(-c6ccccn6)cc5)c4)n3)c2)cc1. The van der Waals surface area contributed by atoms with E-state index in [1.165, 1.54) is 11.1 Å². The van der Waals surface area contributed by atoms with Gasteiger partial charge in [0.15, 0.2) is 17.5 Å². The van der Waals surface area contributed by atoms with Crippen molar-refractivity contribution in [1.82, 2.24) is 19.9 Å². The molecule has 0 spiro atoms. The number of aromatic nitrogens is 4. The minimum Gasteiger partial charge on any atom is -0.288 e. The molecule has 0 aliphatic carbocycles. The molecule has 0 saturated heterocycles. The van der Waals surface area contributed by atoms with Crippen molar-refractivity contribution < 1.29 is 0 Å². The minimum atomic E-state index is 0.595. The highest BCUT2D eigenvalue weighted by molar-refractivity contribution is 6.08. The number of aryl methyl sites for hydroxylation is 2. The van der Waals surface area contributed by atoms with Gasteiger partial charge in [-0.25, -0.2) is 15.0 Å². The topological polar surface area (TPSA) is 63.9 Å². The molecule has 0 aliphatic heterocycles. The molecular weight excluding hydrogens is 791 g/mol. The van der Waals surface area contributed by atoms with Crippen LogP contribution in [0, 0.1) is 13.8 Å². The van der Waals surface area contributed by atoms with Gasteiger partial charge in [-0.05, 0) is 125 Å². The van der Waals surface area contributed by atoms with Gasteiger partial charge in [0.2, 0.25) is 0 Å². The van der Waals surface area contributed by atoms with Crippen molar-refractivity contribution in [3.05, 3.63) is 217 Å². The Morgan fingerprint density at radius 3 is 1.26 bits per heavy atom. The molecule has 0 atom stereocenters. The molecule has 2 heterocycles. The van der Waals surface area contributed by atoms with E-state index in [-0.39, 0.29) is 0 Å². The molecule has 0 aliphatic rings. The first-order valence-electron chi connectivity index (χ1n) is 22.4. The third-order valence-corrected chi connectivity index (χ3v) is 11.3. The van der Waals surface area contributed by atoms with Crippen LogP contribution in [-0.2, 0) is 0 Å².